The van der Waals surface area contributed by atoms with Gasteiger partial charge in [0.25, 0.3) is 0 Å². The highest BCUT2D eigenvalue weighted by Gasteiger charge is 2.19. The van der Waals surface area contributed by atoms with Crippen LogP contribution >= 0.6 is 11.8 Å². The van der Waals surface area contributed by atoms with Gasteiger partial charge in [0.05, 0.1) is 12.0 Å². The molecule has 0 bridgehead atoms. The molecule has 0 aliphatic carbocycles. The maximum absolute atomic E-state index is 6.11. The van der Waals surface area contributed by atoms with E-state index in [1.54, 1.807) is 18.0 Å². The topological polar surface area (TPSA) is 98.0 Å². The summed E-state index contributed by atoms with van der Waals surface area (Å²) < 4.78 is 7.77. The van der Waals surface area contributed by atoms with Gasteiger partial charge in [-0.25, -0.2) is 15.0 Å². The fourth-order valence-electron chi connectivity index (χ4n) is 3.42. The Kier molecular flexibility index (Phi) is 5.81. The van der Waals surface area contributed by atoms with Gasteiger partial charge in [0, 0.05) is 36.5 Å². The van der Waals surface area contributed by atoms with Crippen molar-refractivity contribution >= 4 is 45.4 Å². The number of nitrogens with zero attached hydrogens (tertiary/aromatic N) is 5. The molecule has 4 rings (SSSR count). The number of nitrogen functional groups attached to an aromatic ring is 1. The Morgan fingerprint density at radius 1 is 1.23 bits per heavy atom. The number of nitrogens with two attached hydrogens (primary N) is 1. The first-order chi connectivity index (χ1) is 14.7. The average molecular weight is 440 g/mol. The van der Waals surface area contributed by atoms with Crippen LogP contribution in [0.1, 0.15) is 27.2 Å². The van der Waals surface area contributed by atoms with E-state index in [0.29, 0.717) is 11.3 Å². The lowest BCUT2D eigenvalue weighted by Gasteiger charge is -2.20. The van der Waals surface area contributed by atoms with E-state index >= 15 is 0 Å². The molecule has 164 valence electrons. The summed E-state index contributed by atoms with van der Waals surface area (Å²) in [6.07, 6.45) is 4.15. The molecule has 0 spiro atoms. The second-order valence-corrected chi connectivity index (χ2v) is 9.79. The summed E-state index contributed by atoms with van der Waals surface area (Å²) in [6, 6.07) is 6.18. The van der Waals surface area contributed by atoms with Crippen molar-refractivity contribution in [1.82, 2.24) is 24.8 Å². The molecule has 1 aromatic carbocycles. The van der Waals surface area contributed by atoms with Gasteiger partial charge in [-0.1, -0.05) is 0 Å². The maximum Gasteiger partial charge on any atom is 0.175 e. The fraction of sp³-hybridized carbons (Fsp3) is 0.409. The van der Waals surface area contributed by atoms with E-state index in [1.165, 1.54) is 6.33 Å². The molecule has 0 saturated heterocycles. The van der Waals surface area contributed by atoms with Gasteiger partial charge in [-0.3, -0.25) is 0 Å². The Balaban J connectivity index is 1.71. The number of furan rings is 1. The van der Waals surface area contributed by atoms with E-state index in [2.05, 4.69) is 57.7 Å². The zero-order chi connectivity index (χ0) is 22.2. The second-order valence-electron chi connectivity index (χ2n) is 8.78. The summed E-state index contributed by atoms with van der Waals surface area (Å²) >= 11 is 1.59. The predicted molar refractivity (Wildman–Crippen MR) is 127 cm³/mol. The molecule has 4 aromatic rings. The number of rotatable bonds is 7. The van der Waals surface area contributed by atoms with Crippen molar-refractivity contribution in [2.45, 2.75) is 49.3 Å². The summed E-state index contributed by atoms with van der Waals surface area (Å²) in [5.41, 5.74) is 9.55. The van der Waals surface area contributed by atoms with Crippen molar-refractivity contribution in [3.05, 3.63) is 30.8 Å². The number of imidazole rings is 1. The lowest BCUT2D eigenvalue weighted by atomic mass is 10.1. The van der Waals surface area contributed by atoms with Crippen LogP contribution in [0.25, 0.3) is 22.1 Å². The molecule has 0 aliphatic rings. The Morgan fingerprint density at radius 2 is 2.03 bits per heavy atom. The van der Waals surface area contributed by atoms with Gasteiger partial charge < -0.3 is 24.9 Å². The Labute approximate surface area is 186 Å². The molecular weight excluding hydrogens is 410 g/mol. The van der Waals surface area contributed by atoms with E-state index in [0.717, 1.165) is 51.9 Å². The van der Waals surface area contributed by atoms with Gasteiger partial charge in [0.15, 0.2) is 22.1 Å². The third-order valence-corrected chi connectivity index (χ3v) is 6.00. The highest BCUT2D eigenvalue weighted by molar-refractivity contribution is 7.99. The smallest absolute Gasteiger partial charge is 0.175 e. The first-order valence-electron chi connectivity index (χ1n) is 10.3. The number of benzene rings is 1. The Bertz CT molecular complexity index is 1210. The van der Waals surface area contributed by atoms with Crippen LogP contribution in [0.5, 0.6) is 0 Å². The summed E-state index contributed by atoms with van der Waals surface area (Å²) in [6.45, 7) is 8.18. The molecule has 9 heteroatoms. The lowest BCUT2D eigenvalue weighted by Crippen LogP contribution is -2.36. The molecule has 0 aliphatic heterocycles. The van der Waals surface area contributed by atoms with Gasteiger partial charge in [-0.2, -0.15) is 0 Å². The Hall–Kier alpha value is -2.78. The van der Waals surface area contributed by atoms with Gasteiger partial charge in [-0.05, 0) is 63.7 Å². The Morgan fingerprint density at radius 3 is 2.77 bits per heavy atom. The quantitative estimate of drug-likeness (QED) is 0.415. The third-order valence-electron chi connectivity index (χ3n) is 4.96. The predicted octanol–water partition coefficient (Wildman–Crippen LogP) is 4.15. The second kappa shape index (κ2) is 8.39. The first kappa shape index (κ1) is 21.5. The zero-order valence-electron chi connectivity index (χ0n) is 18.6. The van der Waals surface area contributed by atoms with Crippen LogP contribution in [0.15, 0.2) is 45.3 Å². The molecule has 0 radical (unpaired) electrons. The van der Waals surface area contributed by atoms with Crippen molar-refractivity contribution in [2.75, 3.05) is 31.3 Å². The number of anilines is 2. The summed E-state index contributed by atoms with van der Waals surface area (Å²) in [4.78, 5) is 16.6. The van der Waals surface area contributed by atoms with Crippen LogP contribution in [0.3, 0.4) is 0 Å². The number of nitrogens with one attached hydrogen (secondary N) is 1. The third kappa shape index (κ3) is 4.62. The van der Waals surface area contributed by atoms with E-state index < -0.39 is 0 Å². The standard InChI is InChI=1S/C22H29N7OS/c1-22(2,3)26-8-6-9-29-20-18(19(23)24-13-25-20)27-21(29)31-17-12-16-14(7-10-30-16)11-15(17)28(4)5/h7,10-13,26H,6,8-9H2,1-5H3,(H2,23,24,25). The molecule has 8 nitrogen and oxygen atoms in total. The molecule has 0 saturated carbocycles. The number of hydrogen-bond donors (Lipinski definition) is 2. The number of aryl methyl sites for hydroxylation is 1. The first-order valence-corrected chi connectivity index (χ1v) is 11.1. The maximum atomic E-state index is 6.11. The molecular formula is C22H29N7OS. The summed E-state index contributed by atoms with van der Waals surface area (Å²) in [5.74, 6) is 0.396. The van der Waals surface area contributed by atoms with Crippen molar-refractivity contribution in [2.24, 2.45) is 0 Å². The van der Waals surface area contributed by atoms with Gasteiger partial charge >= 0.3 is 0 Å². The average Bonchev–Trinajstić information content (AvgIpc) is 3.29. The van der Waals surface area contributed by atoms with Gasteiger partial charge in [-0.15, -0.1) is 0 Å². The zero-order valence-corrected chi connectivity index (χ0v) is 19.5. The van der Waals surface area contributed by atoms with Crippen molar-refractivity contribution in [1.29, 1.82) is 0 Å². The lowest BCUT2D eigenvalue weighted by molar-refractivity contribution is 0.412. The number of hydrogen-bond acceptors (Lipinski definition) is 8. The minimum absolute atomic E-state index is 0.0836. The largest absolute Gasteiger partial charge is 0.464 e. The van der Waals surface area contributed by atoms with E-state index in [9.17, 15) is 0 Å². The van der Waals surface area contributed by atoms with E-state index in [1.807, 2.05) is 20.2 Å². The fourth-order valence-corrected chi connectivity index (χ4v) is 4.56. The van der Waals surface area contributed by atoms with Crippen LogP contribution in [0.4, 0.5) is 11.5 Å². The number of aromatic nitrogens is 4. The molecule has 0 atom stereocenters. The van der Waals surface area contributed by atoms with Crippen LogP contribution in [0, 0.1) is 0 Å². The van der Waals surface area contributed by atoms with E-state index in [4.69, 9.17) is 15.1 Å². The molecule has 31 heavy (non-hydrogen) atoms. The van der Waals surface area contributed by atoms with Crippen molar-refractivity contribution in [3.8, 4) is 0 Å². The summed E-state index contributed by atoms with van der Waals surface area (Å²) in [5, 5.41) is 5.45. The SMILES string of the molecule is CN(C)c1cc2ccoc2cc1Sc1nc2c(N)ncnc2n1CCCNC(C)(C)C. The minimum Gasteiger partial charge on any atom is -0.464 e. The van der Waals surface area contributed by atoms with Crippen molar-refractivity contribution in [3.63, 3.8) is 0 Å². The molecule has 3 aromatic heterocycles. The highest BCUT2D eigenvalue weighted by atomic mass is 32.2. The van der Waals surface area contributed by atoms with Crippen LogP contribution in [-0.4, -0.2) is 45.7 Å². The number of fused-ring (bicyclic) bond motifs is 2. The van der Waals surface area contributed by atoms with Crippen LogP contribution in [-0.2, 0) is 6.54 Å². The molecule has 0 amide bonds. The van der Waals surface area contributed by atoms with Crippen LogP contribution in [0.2, 0.25) is 0 Å². The normalized spacial score (nSPS) is 12.2. The summed E-state index contributed by atoms with van der Waals surface area (Å²) in [7, 11) is 4.08. The monoisotopic (exact) mass is 439 g/mol. The van der Waals surface area contributed by atoms with Crippen LogP contribution < -0.4 is 16.0 Å². The molecule has 0 fully saturated rings. The van der Waals surface area contributed by atoms with Gasteiger partial charge in [0.2, 0.25) is 0 Å². The van der Waals surface area contributed by atoms with E-state index in [-0.39, 0.29) is 5.54 Å². The molecule has 3 N–H and O–H groups in total. The molecule has 0 unspecified atom stereocenters. The molecule has 3 heterocycles. The minimum atomic E-state index is 0.0836. The highest BCUT2D eigenvalue weighted by Crippen LogP contribution is 2.39. The van der Waals surface area contributed by atoms with Crippen molar-refractivity contribution < 1.29 is 4.42 Å². The van der Waals surface area contributed by atoms with Gasteiger partial charge in [0.1, 0.15) is 11.9 Å².